The highest BCUT2D eigenvalue weighted by molar-refractivity contribution is 7.92. The summed E-state index contributed by atoms with van der Waals surface area (Å²) in [6, 6.07) is 9.52. The molecule has 0 atom stereocenters. The summed E-state index contributed by atoms with van der Waals surface area (Å²) in [4.78, 5) is 39.4. The monoisotopic (exact) mass is 477 g/mol. The summed E-state index contributed by atoms with van der Waals surface area (Å²) in [5.74, 6) is -1.24. The first kappa shape index (κ1) is 23.3. The number of nitro groups is 1. The highest BCUT2D eigenvalue weighted by Gasteiger charge is 2.20. The van der Waals surface area contributed by atoms with Gasteiger partial charge in [0.05, 0.1) is 32.4 Å². The van der Waals surface area contributed by atoms with Crippen molar-refractivity contribution in [1.82, 2.24) is 4.57 Å². The number of aromatic nitrogens is 1. The molecule has 0 saturated carbocycles. The lowest BCUT2D eigenvalue weighted by Crippen LogP contribution is -2.22. The van der Waals surface area contributed by atoms with E-state index in [4.69, 9.17) is 4.74 Å². The van der Waals surface area contributed by atoms with Crippen LogP contribution in [0.3, 0.4) is 0 Å². The van der Waals surface area contributed by atoms with E-state index >= 15 is 0 Å². The number of hydrogen-bond donors (Lipinski definition) is 0. The minimum Gasteiger partial charge on any atom is -0.468 e. The third kappa shape index (κ3) is 4.60. The van der Waals surface area contributed by atoms with Gasteiger partial charge in [0.2, 0.25) is 0 Å². The lowest BCUT2D eigenvalue weighted by molar-refractivity contribution is -0.384. The van der Waals surface area contributed by atoms with E-state index in [-0.39, 0.29) is 27.5 Å². The van der Waals surface area contributed by atoms with Gasteiger partial charge in [-0.15, -0.1) is 0 Å². The molecule has 0 unspecified atom stereocenters. The maximum absolute atomic E-state index is 12.7. The molecule has 2 aromatic carbocycles. The first-order chi connectivity index (χ1) is 15.0. The summed E-state index contributed by atoms with van der Waals surface area (Å²) >= 11 is 1.01. The zero-order valence-corrected chi connectivity index (χ0v) is 19.0. The van der Waals surface area contributed by atoms with Crippen LogP contribution in [0.1, 0.15) is 24.2 Å². The molecule has 32 heavy (non-hydrogen) atoms. The Labute approximate surface area is 186 Å². The number of fused-ring (bicyclic) bond motifs is 1. The topological polar surface area (TPSA) is 138 Å². The Hall–Kier alpha value is -3.38. The number of nitro benzene ring substituents is 1. The fourth-order valence-corrected chi connectivity index (χ4v) is 4.94. The van der Waals surface area contributed by atoms with Crippen LogP contribution in [0, 0.1) is 10.1 Å². The first-order valence-electron chi connectivity index (χ1n) is 9.32. The van der Waals surface area contributed by atoms with Crippen LogP contribution in [0.25, 0.3) is 10.2 Å². The predicted molar refractivity (Wildman–Crippen MR) is 117 cm³/mol. The highest BCUT2D eigenvalue weighted by Crippen LogP contribution is 2.23. The van der Waals surface area contributed by atoms with E-state index in [1.807, 2.05) is 0 Å². The maximum atomic E-state index is 12.7. The SMILES string of the molecule is COC(=O)Cn1c(=NC(=O)c2ccc(S(=O)(=O)C(C)C)cc2)sc2cc([N+](=O)[O-])ccc21. The smallest absolute Gasteiger partial charge is 0.325 e. The fourth-order valence-electron chi connectivity index (χ4n) is 2.82. The van der Waals surface area contributed by atoms with Crippen molar-refractivity contribution >= 4 is 49.0 Å². The molecule has 0 saturated heterocycles. The summed E-state index contributed by atoms with van der Waals surface area (Å²) < 4.78 is 31.1. The standard InChI is InChI=1S/C20H19N3O7S2/c1-12(2)32(28,29)15-7-4-13(5-8-15)19(25)21-20-22(11-18(24)30-3)16-9-6-14(23(26)27)10-17(16)31-20/h4-10,12H,11H2,1-3H3. The van der Waals surface area contributed by atoms with Gasteiger partial charge in [-0.3, -0.25) is 19.7 Å². The molecule has 1 amide bonds. The van der Waals surface area contributed by atoms with Crippen LogP contribution in [0.15, 0.2) is 52.4 Å². The average Bonchev–Trinajstić information content (AvgIpc) is 3.09. The summed E-state index contributed by atoms with van der Waals surface area (Å²) in [6.45, 7) is 2.89. The third-order valence-corrected chi connectivity index (χ3v) is 7.85. The Morgan fingerprint density at radius 2 is 1.84 bits per heavy atom. The zero-order chi connectivity index (χ0) is 23.6. The number of benzene rings is 2. The molecule has 10 nitrogen and oxygen atoms in total. The molecule has 0 aliphatic heterocycles. The van der Waals surface area contributed by atoms with E-state index in [0.29, 0.717) is 10.2 Å². The van der Waals surface area contributed by atoms with Crippen LogP contribution in [-0.4, -0.2) is 42.1 Å². The van der Waals surface area contributed by atoms with Gasteiger partial charge in [0.15, 0.2) is 14.6 Å². The number of methoxy groups -OCH3 is 1. The number of amides is 1. The molecule has 0 fully saturated rings. The Bertz CT molecular complexity index is 1380. The van der Waals surface area contributed by atoms with Crippen LogP contribution in [-0.2, 0) is 25.9 Å². The van der Waals surface area contributed by atoms with Gasteiger partial charge in [0.25, 0.3) is 11.6 Å². The molecule has 0 bridgehead atoms. The molecule has 168 valence electrons. The zero-order valence-electron chi connectivity index (χ0n) is 17.3. The number of non-ortho nitro benzene ring substituents is 1. The highest BCUT2D eigenvalue weighted by atomic mass is 32.2. The van der Waals surface area contributed by atoms with Crippen LogP contribution >= 0.6 is 11.3 Å². The van der Waals surface area contributed by atoms with Crippen molar-refractivity contribution in [2.24, 2.45) is 4.99 Å². The van der Waals surface area contributed by atoms with Crippen molar-refractivity contribution in [2.75, 3.05) is 7.11 Å². The van der Waals surface area contributed by atoms with Crippen molar-refractivity contribution in [2.45, 2.75) is 30.5 Å². The number of rotatable bonds is 6. The number of sulfone groups is 1. The van der Waals surface area contributed by atoms with E-state index in [9.17, 15) is 28.1 Å². The predicted octanol–water partition coefficient (Wildman–Crippen LogP) is 2.71. The molecule has 0 radical (unpaired) electrons. The molecule has 12 heteroatoms. The Morgan fingerprint density at radius 3 is 2.41 bits per heavy atom. The van der Waals surface area contributed by atoms with Gasteiger partial charge in [0.1, 0.15) is 6.54 Å². The molecule has 0 spiro atoms. The normalized spacial score (nSPS) is 12.3. The van der Waals surface area contributed by atoms with Gasteiger partial charge in [-0.05, 0) is 44.2 Å². The second kappa shape index (κ2) is 9.01. The first-order valence-corrected chi connectivity index (χ1v) is 11.7. The van der Waals surface area contributed by atoms with Gasteiger partial charge in [-0.2, -0.15) is 4.99 Å². The molecule has 0 aliphatic rings. The molecule has 3 aromatic rings. The molecule has 0 N–H and O–H groups in total. The van der Waals surface area contributed by atoms with Gasteiger partial charge in [0, 0.05) is 17.7 Å². The Balaban J connectivity index is 2.08. The number of hydrogen-bond acceptors (Lipinski definition) is 8. The molecule has 1 aromatic heterocycles. The van der Waals surface area contributed by atoms with Crippen molar-refractivity contribution in [3.05, 3.63) is 62.9 Å². The summed E-state index contributed by atoms with van der Waals surface area (Å²) in [5, 5.41) is 10.5. The Kier molecular flexibility index (Phi) is 6.55. The minimum absolute atomic E-state index is 0.0963. The largest absolute Gasteiger partial charge is 0.468 e. The molecule has 0 aliphatic carbocycles. The minimum atomic E-state index is -3.48. The molecular weight excluding hydrogens is 458 g/mol. The molecular formula is C20H19N3O7S2. The number of esters is 1. The lowest BCUT2D eigenvalue weighted by Gasteiger charge is -2.07. The fraction of sp³-hybridized carbons (Fsp3) is 0.250. The number of ether oxygens (including phenoxy) is 1. The van der Waals surface area contributed by atoms with Crippen molar-refractivity contribution < 1.29 is 27.7 Å². The van der Waals surface area contributed by atoms with E-state index in [2.05, 4.69) is 4.99 Å². The van der Waals surface area contributed by atoms with Gasteiger partial charge < -0.3 is 9.30 Å². The van der Waals surface area contributed by atoms with Crippen LogP contribution in [0.5, 0.6) is 0 Å². The number of carbonyl (C=O) groups is 2. The van der Waals surface area contributed by atoms with E-state index in [1.165, 1.54) is 54.1 Å². The Morgan fingerprint density at radius 1 is 1.19 bits per heavy atom. The molecule has 3 rings (SSSR count). The van der Waals surface area contributed by atoms with Crippen molar-refractivity contribution in [1.29, 1.82) is 0 Å². The second-order valence-electron chi connectivity index (χ2n) is 6.99. The lowest BCUT2D eigenvalue weighted by atomic mass is 10.2. The van der Waals surface area contributed by atoms with E-state index in [0.717, 1.165) is 11.3 Å². The van der Waals surface area contributed by atoms with E-state index in [1.54, 1.807) is 13.8 Å². The van der Waals surface area contributed by atoms with Crippen LogP contribution in [0.2, 0.25) is 0 Å². The summed E-state index contributed by atoms with van der Waals surface area (Å²) in [6.07, 6.45) is 0. The van der Waals surface area contributed by atoms with Crippen LogP contribution < -0.4 is 4.80 Å². The van der Waals surface area contributed by atoms with E-state index < -0.39 is 31.9 Å². The van der Waals surface area contributed by atoms with Gasteiger partial charge >= 0.3 is 5.97 Å². The number of nitrogens with zero attached hydrogens (tertiary/aromatic N) is 3. The number of carbonyl (C=O) groups excluding carboxylic acids is 2. The third-order valence-electron chi connectivity index (χ3n) is 4.64. The van der Waals surface area contributed by atoms with Crippen molar-refractivity contribution in [3.8, 4) is 0 Å². The van der Waals surface area contributed by atoms with Crippen LogP contribution in [0.4, 0.5) is 5.69 Å². The van der Waals surface area contributed by atoms with Gasteiger partial charge in [-0.1, -0.05) is 11.3 Å². The quantitative estimate of drug-likeness (QED) is 0.302. The summed E-state index contributed by atoms with van der Waals surface area (Å²) in [5.41, 5.74) is 0.500. The average molecular weight is 478 g/mol. The number of thiazole rings is 1. The maximum Gasteiger partial charge on any atom is 0.325 e. The summed E-state index contributed by atoms with van der Waals surface area (Å²) in [7, 11) is -2.26. The second-order valence-corrected chi connectivity index (χ2v) is 10.5. The van der Waals surface area contributed by atoms with Crippen molar-refractivity contribution in [3.63, 3.8) is 0 Å². The molecule has 1 heterocycles. The van der Waals surface area contributed by atoms with Gasteiger partial charge in [-0.25, -0.2) is 8.42 Å².